The third-order valence-electron chi connectivity index (χ3n) is 2.73. The van der Waals surface area contributed by atoms with Crippen molar-refractivity contribution >= 4 is 11.7 Å². The number of carbonyl (C=O) groups excluding carboxylic acids is 1. The summed E-state index contributed by atoms with van der Waals surface area (Å²) in [6.45, 7) is 0.114. The van der Waals surface area contributed by atoms with Crippen LogP contribution in [0.1, 0.15) is 16.8 Å². The van der Waals surface area contributed by atoms with Crippen LogP contribution in [0.3, 0.4) is 0 Å². The number of hydrogen-bond donors (Lipinski definition) is 1. The number of nitrogens with two attached hydrogens (primary N) is 1. The van der Waals surface area contributed by atoms with Gasteiger partial charge < -0.3 is 10.5 Å². The van der Waals surface area contributed by atoms with Gasteiger partial charge in [0.1, 0.15) is 18.4 Å². The smallest absolute Gasteiger partial charge is 0.310 e. The zero-order chi connectivity index (χ0) is 14.4. The van der Waals surface area contributed by atoms with Crippen molar-refractivity contribution in [3.8, 4) is 6.07 Å². The maximum absolute atomic E-state index is 11.7. The van der Waals surface area contributed by atoms with Gasteiger partial charge in [-0.2, -0.15) is 5.26 Å². The van der Waals surface area contributed by atoms with E-state index in [1.54, 1.807) is 24.3 Å². The normalized spacial score (nSPS) is 9.75. The summed E-state index contributed by atoms with van der Waals surface area (Å²) in [5.74, 6) is -0.363. The van der Waals surface area contributed by atoms with Crippen LogP contribution in [-0.2, 0) is 22.6 Å². The molecular weight excluding hydrogens is 254 g/mol. The average molecular weight is 267 g/mol. The Balaban J connectivity index is 1.93. The molecule has 0 saturated carbocycles. The van der Waals surface area contributed by atoms with Gasteiger partial charge in [-0.1, -0.05) is 18.2 Å². The number of nitrogens with zero attached hydrogens (tertiary/aromatic N) is 2. The molecule has 1 aromatic carbocycles. The lowest BCUT2D eigenvalue weighted by Crippen LogP contribution is -2.09. The fourth-order valence-corrected chi connectivity index (χ4v) is 1.69. The van der Waals surface area contributed by atoms with Crippen LogP contribution in [0.2, 0.25) is 0 Å². The Labute approximate surface area is 116 Å². The summed E-state index contributed by atoms with van der Waals surface area (Å²) in [6.07, 6.45) is 1.64. The molecule has 0 fully saturated rings. The second kappa shape index (κ2) is 6.34. The van der Waals surface area contributed by atoms with E-state index < -0.39 is 0 Å². The van der Waals surface area contributed by atoms with Crippen LogP contribution in [0, 0.1) is 11.3 Å². The van der Waals surface area contributed by atoms with Crippen molar-refractivity contribution in [1.29, 1.82) is 5.26 Å². The van der Waals surface area contributed by atoms with Gasteiger partial charge in [0.25, 0.3) is 0 Å². The highest BCUT2D eigenvalue weighted by Gasteiger charge is 2.08. The van der Waals surface area contributed by atoms with E-state index in [9.17, 15) is 4.79 Å². The van der Waals surface area contributed by atoms with Crippen LogP contribution in [0.25, 0.3) is 0 Å². The lowest BCUT2D eigenvalue weighted by atomic mass is 10.1. The lowest BCUT2D eigenvalue weighted by molar-refractivity contribution is -0.144. The number of para-hydroxylation sites is 1. The molecule has 20 heavy (non-hydrogen) atoms. The zero-order valence-electron chi connectivity index (χ0n) is 10.7. The lowest BCUT2D eigenvalue weighted by Gasteiger charge is -2.07. The second-order valence-corrected chi connectivity index (χ2v) is 4.20. The molecule has 2 rings (SSSR count). The Hall–Kier alpha value is -2.87. The van der Waals surface area contributed by atoms with E-state index in [4.69, 9.17) is 15.7 Å². The molecular formula is C15H13N3O2. The molecule has 0 unspecified atom stereocenters. The van der Waals surface area contributed by atoms with Crippen molar-refractivity contribution in [1.82, 2.24) is 4.98 Å². The van der Waals surface area contributed by atoms with Gasteiger partial charge in [-0.15, -0.1) is 0 Å². The predicted molar refractivity (Wildman–Crippen MR) is 73.3 cm³/mol. The monoisotopic (exact) mass is 267 g/mol. The number of hydrogen-bond acceptors (Lipinski definition) is 5. The van der Waals surface area contributed by atoms with Crippen molar-refractivity contribution in [3.63, 3.8) is 0 Å². The second-order valence-electron chi connectivity index (χ2n) is 4.20. The first-order valence-electron chi connectivity index (χ1n) is 6.03. The number of anilines is 1. The van der Waals surface area contributed by atoms with Crippen molar-refractivity contribution in [2.24, 2.45) is 0 Å². The number of nitriles is 1. The number of benzene rings is 1. The maximum Gasteiger partial charge on any atom is 0.310 e. The first-order chi connectivity index (χ1) is 9.69. The first kappa shape index (κ1) is 13.6. The summed E-state index contributed by atoms with van der Waals surface area (Å²) in [4.78, 5) is 15.6. The van der Waals surface area contributed by atoms with Crippen LogP contribution in [0.15, 0.2) is 42.6 Å². The average Bonchev–Trinajstić information content (AvgIpc) is 2.48. The van der Waals surface area contributed by atoms with E-state index in [1.165, 1.54) is 6.20 Å². The number of esters is 1. The van der Waals surface area contributed by atoms with Crippen LogP contribution in [0.4, 0.5) is 5.69 Å². The van der Waals surface area contributed by atoms with Crippen molar-refractivity contribution in [2.45, 2.75) is 13.0 Å². The van der Waals surface area contributed by atoms with E-state index in [-0.39, 0.29) is 19.0 Å². The van der Waals surface area contributed by atoms with Crippen LogP contribution in [-0.4, -0.2) is 11.0 Å². The minimum absolute atomic E-state index is 0.114. The van der Waals surface area contributed by atoms with Crippen LogP contribution >= 0.6 is 0 Å². The highest BCUT2D eigenvalue weighted by molar-refractivity contribution is 5.74. The Morgan fingerprint density at radius 2 is 2.15 bits per heavy atom. The van der Waals surface area contributed by atoms with E-state index in [2.05, 4.69) is 4.98 Å². The number of carbonyl (C=O) groups is 1. The van der Waals surface area contributed by atoms with E-state index in [0.717, 1.165) is 11.1 Å². The molecule has 1 heterocycles. The molecule has 2 aromatic rings. The molecule has 100 valence electrons. The number of ether oxygens (including phenoxy) is 1. The summed E-state index contributed by atoms with van der Waals surface area (Å²) in [5, 5.41) is 8.73. The standard InChI is InChI=1S/C15H13N3O2/c16-9-13-7-11(5-6-18-13)10-20-15(19)8-12-3-1-2-4-14(12)17/h1-7H,8,10,17H2. The van der Waals surface area contributed by atoms with Gasteiger partial charge in [-0.05, 0) is 29.3 Å². The van der Waals surface area contributed by atoms with Crippen molar-refractivity contribution in [3.05, 3.63) is 59.4 Å². The van der Waals surface area contributed by atoms with Crippen LogP contribution in [0.5, 0.6) is 0 Å². The summed E-state index contributed by atoms with van der Waals surface area (Å²) < 4.78 is 5.15. The molecule has 0 aliphatic heterocycles. The fourth-order valence-electron chi connectivity index (χ4n) is 1.69. The van der Waals surface area contributed by atoms with Gasteiger partial charge >= 0.3 is 5.97 Å². The molecule has 5 heteroatoms. The molecule has 0 aliphatic carbocycles. The Morgan fingerprint density at radius 1 is 1.35 bits per heavy atom. The van der Waals surface area contributed by atoms with E-state index >= 15 is 0 Å². The highest BCUT2D eigenvalue weighted by Crippen LogP contribution is 2.12. The molecule has 0 bridgehead atoms. The molecule has 0 saturated heterocycles. The molecule has 1 aromatic heterocycles. The van der Waals surface area contributed by atoms with Gasteiger partial charge in [0.05, 0.1) is 6.42 Å². The number of aromatic nitrogens is 1. The molecule has 0 atom stereocenters. The molecule has 0 aliphatic rings. The number of pyridine rings is 1. The van der Waals surface area contributed by atoms with Gasteiger partial charge in [0.15, 0.2) is 0 Å². The van der Waals surface area contributed by atoms with Gasteiger partial charge in [-0.25, -0.2) is 4.98 Å². The Morgan fingerprint density at radius 3 is 2.90 bits per heavy atom. The maximum atomic E-state index is 11.7. The van der Waals surface area contributed by atoms with E-state index in [1.807, 2.05) is 18.2 Å². The van der Waals surface area contributed by atoms with Gasteiger partial charge in [-0.3, -0.25) is 4.79 Å². The van der Waals surface area contributed by atoms with Gasteiger partial charge in [0.2, 0.25) is 0 Å². The van der Waals surface area contributed by atoms with E-state index in [0.29, 0.717) is 11.4 Å². The topological polar surface area (TPSA) is 89.0 Å². The van der Waals surface area contributed by atoms with Crippen molar-refractivity contribution < 1.29 is 9.53 Å². The summed E-state index contributed by atoms with van der Waals surface area (Å²) in [6, 6.07) is 12.4. The third-order valence-corrected chi connectivity index (χ3v) is 2.73. The quantitative estimate of drug-likeness (QED) is 0.674. The fraction of sp³-hybridized carbons (Fsp3) is 0.133. The molecule has 5 nitrogen and oxygen atoms in total. The summed E-state index contributed by atoms with van der Waals surface area (Å²) in [7, 11) is 0. The molecule has 2 N–H and O–H groups in total. The largest absolute Gasteiger partial charge is 0.461 e. The Bertz CT molecular complexity index is 662. The van der Waals surface area contributed by atoms with Crippen LogP contribution < -0.4 is 5.73 Å². The summed E-state index contributed by atoms with van der Waals surface area (Å²) >= 11 is 0. The van der Waals surface area contributed by atoms with Gasteiger partial charge in [0, 0.05) is 11.9 Å². The minimum Gasteiger partial charge on any atom is -0.461 e. The minimum atomic E-state index is -0.363. The molecule has 0 amide bonds. The highest BCUT2D eigenvalue weighted by atomic mass is 16.5. The summed E-state index contributed by atoms with van der Waals surface area (Å²) in [5.41, 5.74) is 8.10. The third kappa shape index (κ3) is 3.56. The molecule has 0 radical (unpaired) electrons. The number of rotatable bonds is 4. The predicted octanol–water partition coefficient (Wildman–Crippen LogP) is 1.82. The first-order valence-corrected chi connectivity index (χ1v) is 6.03. The zero-order valence-corrected chi connectivity index (χ0v) is 10.7. The number of nitrogen functional groups attached to an aromatic ring is 1. The Kier molecular flexibility index (Phi) is 4.30. The molecule has 0 spiro atoms. The SMILES string of the molecule is N#Cc1cc(COC(=O)Cc2ccccc2N)ccn1. The van der Waals surface area contributed by atoms with Crippen molar-refractivity contribution in [2.75, 3.05) is 5.73 Å².